The number of nitrogens with zero attached hydrogens (tertiary/aromatic N) is 3. The first-order valence-electron chi connectivity index (χ1n) is 12.3. The van der Waals surface area contributed by atoms with Gasteiger partial charge in [-0.1, -0.05) is 24.3 Å². The minimum atomic E-state index is -3.86. The number of nitrogens with one attached hydrogen (secondary N) is 2. The Bertz CT molecular complexity index is 1470. The number of hydrogen-bond acceptors (Lipinski definition) is 6. The molecule has 0 unspecified atom stereocenters. The highest BCUT2D eigenvalue weighted by Gasteiger charge is 2.22. The summed E-state index contributed by atoms with van der Waals surface area (Å²) in [4.78, 5) is 6.84. The van der Waals surface area contributed by atoms with E-state index in [1.165, 1.54) is 6.07 Å². The summed E-state index contributed by atoms with van der Waals surface area (Å²) in [5.74, 6) is 1.09. The van der Waals surface area contributed by atoms with Crippen LogP contribution < -0.4 is 14.8 Å². The van der Waals surface area contributed by atoms with Crippen molar-refractivity contribution >= 4 is 15.7 Å². The van der Waals surface area contributed by atoms with Crippen LogP contribution in [0, 0.1) is 6.92 Å². The highest BCUT2D eigenvalue weighted by molar-refractivity contribution is 7.92. The SMILES string of the molecule is CN[C@H]1CCN(Cc2cc(NS(=O)(=O)c3cccc(Oc4ccccc4)c3)cc(-n3cnc(C)c3)c2)C1. The lowest BCUT2D eigenvalue weighted by Crippen LogP contribution is -2.29. The third kappa shape index (κ3) is 6.19. The van der Waals surface area contributed by atoms with Crippen LogP contribution in [-0.4, -0.2) is 49.0 Å². The minimum absolute atomic E-state index is 0.128. The number of likely N-dealkylation sites (tertiary alicyclic amines) is 1. The topological polar surface area (TPSA) is 88.5 Å². The molecule has 1 atom stereocenters. The third-order valence-corrected chi connectivity index (χ3v) is 7.80. The fourth-order valence-corrected chi connectivity index (χ4v) is 5.62. The van der Waals surface area contributed by atoms with Gasteiger partial charge in [-0.25, -0.2) is 13.4 Å². The maximum atomic E-state index is 13.4. The van der Waals surface area contributed by atoms with Gasteiger partial charge in [-0.2, -0.15) is 0 Å². The quantitative estimate of drug-likeness (QED) is 0.338. The molecule has 2 heterocycles. The molecule has 1 fully saturated rings. The van der Waals surface area contributed by atoms with Crippen LogP contribution in [0.4, 0.5) is 5.69 Å². The number of aryl methyl sites for hydroxylation is 1. The standard InChI is InChI=1S/C28H31N5O3S/c1-21-17-33(20-30-21)25-14-22(18-32-12-11-23(19-32)29-2)13-24(15-25)31-37(34,35)28-10-6-9-27(16-28)36-26-7-4-3-5-8-26/h3-10,13-17,20,23,29,31H,11-12,18-19H2,1-2H3/t23-/m0/s1. The van der Waals surface area contributed by atoms with E-state index < -0.39 is 10.0 Å². The first-order chi connectivity index (χ1) is 17.9. The zero-order chi connectivity index (χ0) is 25.8. The van der Waals surface area contributed by atoms with Gasteiger partial charge in [0.15, 0.2) is 0 Å². The average molecular weight is 518 g/mol. The van der Waals surface area contributed by atoms with E-state index in [0.29, 0.717) is 23.2 Å². The van der Waals surface area contributed by atoms with Crippen molar-refractivity contribution in [2.45, 2.75) is 30.8 Å². The van der Waals surface area contributed by atoms with Gasteiger partial charge >= 0.3 is 0 Å². The van der Waals surface area contributed by atoms with Crippen molar-refractivity contribution in [3.05, 3.63) is 96.6 Å². The molecule has 1 aliphatic rings. The molecule has 9 heteroatoms. The Balaban J connectivity index is 1.42. The van der Waals surface area contributed by atoms with E-state index in [0.717, 1.165) is 43.0 Å². The molecule has 0 radical (unpaired) electrons. The van der Waals surface area contributed by atoms with Gasteiger partial charge in [0.2, 0.25) is 0 Å². The van der Waals surface area contributed by atoms with Gasteiger partial charge in [0.1, 0.15) is 11.5 Å². The Labute approximate surface area is 218 Å². The number of para-hydroxylation sites is 1. The summed E-state index contributed by atoms with van der Waals surface area (Å²) in [6.07, 6.45) is 4.76. The second kappa shape index (κ2) is 10.8. The molecule has 5 rings (SSSR count). The van der Waals surface area contributed by atoms with Crippen molar-refractivity contribution in [3.8, 4) is 17.2 Å². The number of anilines is 1. The van der Waals surface area contributed by atoms with Crippen molar-refractivity contribution in [1.82, 2.24) is 19.8 Å². The highest BCUT2D eigenvalue weighted by atomic mass is 32.2. The summed E-state index contributed by atoms with van der Waals surface area (Å²) in [7, 11) is -1.87. The molecule has 1 saturated heterocycles. The second-order valence-corrected chi connectivity index (χ2v) is 11.0. The summed E-state index contributed by atoms with van der Waals surface area (Å²) in [5.41, 5.74) is 3.26. The third-order valence-electron chi connectivity index (χ3n) is 6.42. The van der Waals surface area contributed by atoms with E-state index in [1.54, 1.807) is 24.5 Å². The summed E-state index contributed by atoms with van der Waals surface area (Å²) in [6, 6.07) is 22.1. The predicted molar refractivity (Wildman–Crippen MR) is 145 cm³/mol. The van der Waals surface area contributed by atoms with Crippen molar-refractivity contribution in [1.29, 1.82) is 0 Å². The number of ether oxygens (including phenoxy) is 1. The van der Waals surface area contributed by atoms with Crippen molar-refractivity contribution in [2.75, 3.05) is 24.9 Å². The van der Waals surface area contributed by atoms with Gasteiger partial charge in [-0.15, -0.1) is 0 Å². The number of benzene rings is 3. The first-order valence-corrected chi connectivity index (χ1v) is 13.8. The molecule has 1 aromatic heterocycles. The Hall–Kier alpha value is -3.66. The Morgan fingerprint density at radius 2 is 1.84 bits per heavy atom. The summed E-state index contributed by atoms with van der Waals surface area (Å²) < 4.78 is 37.3. The summed E-state index contributed by atoms with van der Waals surface area (Å²) in [5, 5.41) is 3.34. The van der Waals surface area contributed by atoms with Gasteiger partial charge in [0.05, 0.1) is 22.6 Å². The normalized spacial score (nSPS) is 16.1. The number of imidazole rings is 1. The van der Waals surface area contributed by atoms with Gasteiger partial charge < -0.3 is 14.6 Å². The lowest BCUT2D eigenvalue weighted by Gasteiger charge is -2.18. The summed E-state index contributed by atoms with van der Waals surface area (Å²) in [6.45, 7) is 4.61. The first kappa shape index (κ1) is 25.0. The Morgan fingerprint density at radius 3 is 2.57 bits per heavy atom. The van der Waals surface area contributed by atoms with E-state index in [2.05, 4.69) is 26.0 Å². The van der Waals surface area contributed by atoms with Crippen molar-refractivity contribution in [2.24, 2.45) is 0 Å². The van der Waals surface area contributed by atoms with Crippen LogP contribution in [0.25, 0.3) is 5.69 Å². The van der Waals surface area contributed by atoms with Gasteiger partial charge in [0, 0.05) is 43.6 Å². The van der Waals surface area contributed by atoms with E-state index in [9.17, 15) is 8.42 Å². The molecule has 4 aromatic rings. The van der Waals surface area contributed by atoms with E-state index >= 15 is 0 Å². The maximum Gasteiger partial charge on any atom is 0.262 e. The van der Waals surface area contributed by atoms with Crippen molar-refractivity contribution < 1.29 is 13.2 Å². The predicted octanol–water partition coefficient (Wildman–Crippen LogP) is 4.57. The number of likely N-dealkylation sites (N-methyl/N-ethyl adjacent to an activating group) is 1. The second-order valence-electron chi connectivity index (χ2n) is 9.32. The van der Waals surface area contributed by atoms with Crippen LogP contribution in [0.3, 0.4) is 0 Å². The van der Waals surface area contributed by atoms with Gasteiger partial charge in [-0.3, -0.25) is 9.62 Å². The monoisotopic (exact) mass is 517 g/mol. The molecular weight excluding hydrogens is 486 g/mol. The number of rotatable bonds is 9. The average Bonchev–Trinajstić information content (AvgIpc) is 3.53. The Kier molecular flexibility index (Phi) is 7.27. The molecule has 1 aliphatic heterocycles. The van der Waals surface area contributed by atoms with Gasteiger partial charge in [0.25, 0.3) is 10.0 Å². The molecule has 0 spiro atoms. The van der Waals surface area contributed by atoms with Crippen LogP contribution in [0.1, 0.15) is 17.7 Å². The molecule has 0 amide bonds. The molecule has 0 bridgehead atoms. The lowest BCUT2D eigenvalue weighted by atomic mass is 10.1. The van der Waals surface area contributed by atoms with Crippen LogP contribution in [0.2, 0.25) is 0 Å². The highest BCUT2D eigenvalue weighted by Crippen LogP contribution is 2.27. The van der Waals surface area contributed by atoms with Crippen LogP contribution in [-0.2, 0) is 16.6 Å². The van der Waals surface area contributed by atoms with Crippen LogP contribution in [0.15, 0.2) is 90.2 Å². The molecule has 37 heavy (non-hydrogen) atoms. The molecule has 192 valence electrons. The minimum Gasteiger partial charge on any atom is -0.457 e. The number of hydrogen-bond donors (Lipinski definition) is 2. The van der Waals surface area contributed by atoms with Crippen LogP contribution >= 0.6 is 0 Å². The van der Waals surface area contributed by atoms with E-state index in [4.69, 9.17) is 4.74 Å². The molecule has 3 aromatic carbocycles. The van der Waals surface area contributed by atoms with E-state index in [-0.39, 0.29) is 4.90 Å². The zero-order valence-electron chi connectivity index (χ0n) is 21.0. The fraction of sp³-hybridized carbons (Fsp3) is 0.250. The van der Waals surface area contributed by atoms with Crippen LogP contribution in [0.5, 0.6) is 11.5 Å². The largest absolute Gasteiger partial charge is 0.457 e. The molecule has 8 nitrogen and oxygen atoms in total. The number of sulfonamides is 1. The molecule has 2 N–H and O–H groups in total. The molecule has 0 aliphatic carbocycles. The lowest BCUT2D eigenvalue weighted by molar-refractivity contribution is 0.322. The van der Waals surface area contributed by atoms with E-state index in [1.807, 2.05) is 67.2 Å². The smallest absolute Gasteiger partial charge is 0.262 e. The fourth-order valence-electron chi connectivity index (χ4n) is 4.55. The maximum absolute atomic E-state index is 13.4. The zero-order valence-corrected chi connectivity index (χ0v) is 21.8. The molecular formula is C28H31N5O3S. The number of aromatic nitrogens is 2. The van der Waals surface area contributed by atoms with Gasteiger partial charge in [-0.05, 0) is 68.4 Å². The summed E-state index contributed by atoms with van der Waals surface area (Å²) >= 11 is 0. The molecule has 0 saturated carbocycles. The Morgan fingerprint density at radius 1 is 1.03 bits per heavy atom. The van der Waals surface area contributed by atoms with Crippen molar-refractivity contribution in [3.63, 3.8) is 0 Å².